The fraction of sp³-hybridized carbons (Fsp3) is 0.308. The van der Waals surface area contributed by atoms with Gasteiger partial charge in [0.05, 0.1) is 12.3 Å². The van der Waals surface area contributed by atoms with Crippen LogP contribution in [0.1, 0.15) is 16.1 Å². The third-order valence-corrected chi connectivity index (χ3v) is 3.70. The highest BCUT2D eigenvalue weighted by Gasteiger charge is 2.12. The van der Waals surface area contributed by atoms with E-state index in [9.17, 15) is 4.39 Å². The maximum atomic E-state index is 13.4. The van der Waals surface area contributed by atoms with Gasteiger partial charge in [0, 0.05) is 24.1 Å². The fourth-order valence-corrected chi connectivity index (χ4v) is 2.71. The van der Waals surface area contributed by atoms with Gasteiger partial charge in [0.15, 0.2) is 0 Å². The third kappa shape index (κ3) is 2.75. The molecule has 2 N–H and O–H groups in total. The van der Waals surface area contributed by atoms with Gasteiger partial charge in [0.25, 0.3) is 0 Å². The largest absolute Gasteiger partial charge is 0.378 e. The van der Waals surface area contributed by atoms with Gasteiger partial charge in [0.1, 0.15) is 10.8 Å². The van der Waals surface area contributed by atoms with E-state index in [-0.39, 0.29) is 5.82 Å². The van der Waals surface area contributed by atoms with E-state index in [2.05, 4.69) is 4.98 Å². The second-order valence-electron chi connectivity index (χ2n) is 4.04. The summed E-state index contributed by atoms with van der Waals surface area (Å²) in [7, 11) is 1.62. The van der Waals surface area contributed by atoms with Crippen LogP contribution < -0.4 is 5.73 Å². The summed E-state index contributed by atoms with van der Waals surface area (Å²) in [5.74, 6) is -0.247. The number of thiazole rings is 1. The quantitative estimate of drug-likeness (QED) is 0.925. The average molecular weight is 266 g/mol. The number of benzene rings is 1. The summed E-state index contributed by atoms with van der Waals surface area (Å²) >= 11 is 1.49. The Balaban J connectivity index is 2.43. The zero-order valence-corrected chi connectivity index (χ0v) is 11.2. The van der Waals surface area contributed by atoms with Crippen molar-refractivity contribution < 1.29 is 9.13 Å². The summed E-state index contributed by atoms with van der Waals surface area (Å²) in [6.45, 7) is 2.71. The Hall–Kier alpha value is -1.30. The van der Waals surface area contributed by atoms with Crippen molar-refractivity contribution in [2.75, 3.05) is 7.11 Å². The molecule has 1 aromatic carbocycles. The summed E-state index contributed by atoms with van der Waals surface area (Å²) in [6.07, 6.45) is 0. The monoisotopic (exact) mass is 266 g/mol. The van der Waals surface area contributed by atoms with Crippen LogP contribution in [0.3, 0.4) is 0 Å². The van der Waals surface area contributed by atoms with E-state index in [1.54, 1.807) is 7.11 Å². The maximum Gasteiger partial charge on any atom is 0.124 e. The first-order valence-electron chi connectivity index (χ1n) is 5.59. The Morgan fingerprint density at radius 3 is 2.78 bits per heavy atom. The molecule has 0 aliphatic carbocycles. The molecule has 0 saturated heterocycles. The smallest absolute Gasteiger partial charge is 0.124 e. The number of nitrogens with two attached hydrogens (primary N) is 1. The predicted octanol–water partition coefficient (Wildman–Crippen LogP) is 2.86. The number of rotatable bonds is 4. The molecular formula is C13H15FN2OS. The van der Waals surface area contributed by atoms with Crippen LogP contribution >= 0.6 is 11.3 Å². The molecule has 18 heavy (non-hydrogen) atoms. The number of aromatic nitrogens is 1. The van der Waals surface area contributed by atoms with Crippen LogP contribution in [0.4, 0.5) is 4.39 Å². The molecule has 96 valence electrons. The molecule has 3 nitrogen and oxygen atoms in total. The van der Waals surface area contributed by atoms with Crippen molar-refractivity contribution >= 4 is 11.3 Å². The number of ether oxygens (including phenoxy) is 1. The van der Waals surface area contributed by atoms with E-state index in [4.69, 9.17) is 10.5 Å². The van der Waals surface area contributed by atoms with E-state index < -0.39 is 0 Å². The molecule has 0 spiro atoms. The number of halogens is 1. The Labute approximate surface area is 109 Å². The van der Waals surface area contributed by atoms with Crippen molar-refractivity contribution in [3.05, 3.63) is 40.2 Å². The molecular weight excluding hydrogens is 251 g/mol. The first-order valence-corrected chi connectivity index (χ1v) is 6.41. The van der Waals surface area contributed by atoms with E-state index in [0.29, 0.717) is 13.2 Å². The van der Waals surface area contributed by atoms with Crippen LogP contribution in [-0.2, 0) is 17.9 Å². The minimum absolute atomic E-state index is 0.247. The highest BCUT2D eigenvalue weighted by atomic mass is 32.1. The van der Waals surface area contributed by atoms with Gasteiger partial charge in [0.2, 0.25) is 0 Å². The second-order valence-corrected chi connectivity index (χ2v) is 5.13. The van der Waals surface area contributed by atoms with Gasteiger partial charge in [-0.2, -0.15) is 0 Å². The predicted molar refractivity (Wildman–Crippen MR) is 70.8 cm³/mol. The van der Waals surface area contributed by atoms with Crippen LogP contribution in [0.25, 0.3) is 10.6 Å². The number of hydrogen-bond acceptors (Lipinski definition) is 4. The molecule has 0 unspecified atom stereocenters. The Morgan fingerprint density at radius 1 is 1.39 bits per heavy atom. The van der Waals surface area contributed by atoms with Crippen LogP contribution in [0, 0.1) is 12.7 Å². The van der Waals surface area contributed by atoms with E-state index in [1.807, 2.05) is 13.0 Å². The maximum absolute atomic E-state index is 13.4. The summed E-state index contributed by atoms with van der Waals surface area (Å²) in [5, 5.41) is 0.783. The zero-order chi connectivity index (χ0) is 13.1. The number of methoxy groups -OCH3 is 1. The molecule has 5 heteroatoms. The van der Waals surface area contributed by atoms with E-state index in [0.717, 1.165) is 26.7 Å². The fourth-order valence-electron chi connectivity index (χ4n) is 1.78. The lowest BCUT2D eigenvalue weighted by Gasteiger charge is -1.99. The van der Waals surface area contributed by atoms with Gasteiger partial charge in [-0.05, 0) is 30.7 Å². The summed E-state index contributed by atoms with van der Waals surface area (Å²) in [5.41, 5.74) is 8.17. The van der Waals surface area contributed by atoms with Crippen LogP contribution in [0.5, 0.6) is 0 Å². The van der Waals surface area contributed by atoms with Crippen molar-refractivity contribution in [2.24, 2.45) is 5.73 Å². The van der Waals surface area contributed by atoms with E-state index >= 15 is 0 Å². The first-order chi connectivity index (χ1) is 8.63. The standard InChI is InChI=1S/C13H15FN2OS/c1-8-3-9(5-10(14)4-8)13-16-11(7-17-2)12(6-15)18-13/h3-5H,6-7,15H2,1-2H3. The molecule has 1 heterocycles. The van der Waals surface area contributed by atoms with Crippen molar-refractivity contribution in [3.63, 3.8) is 0 Å². The van der Waals surface area contributed by atoms with Crippen molar-refractivity contribution in [3.8, 4) is 10.6 Å². The first kappa shape index (κ1) is 13.1. The molecule has 2 aromatic rings. The molecule has 0 aliphatic rings. The summed E-state index contributed by atoms with van der Waals surface area (Å²) in [6, 6.07) is 4.90. The van der Waals surface area contributed by atoms with Gasteiger partial charge < -0.3 is 10.5 Å². The minimum Gasteiger partial charge on any atom is -0.378 e. The summed E-state index contributed by atoms with van der Waals surface area (Å²) in [4.78, 5) is 5.45. The molecule has 2 rings (SSSR count). The van der Waals surface area contributed by atoms with E-state index in [1.165, 1.54) is 23.5 Å². The molecule has 0 radical (unpaired) electrons. The molecule has 0 bridgehead atoms. The van der Waals surface area contributed by atoms with Gasteiger partial charge in [-0.15, -0.1) is 11.3 Å². The minimum atomic E-state index is -0.247. The number of nitrogens with zero attached hydrogens (tertiary/aromatic N) is 1. The SMILES string of the molecule is COCc1nc(-c2cc(C)cc(F)c2)sc1CN. The summed E-state index contributed by atoms with van der Waals surface area (Å²) < 4.78 is 18.5. The van der Waals surface area contributed by atoms with Gasteiger partial charge in [-0.3, -0.25) is 0 Å². The third-order valence-electron chi connectivity index (χ3n) is 2.53. The van der Waals surface area contributed by atoms with Crippen LogP contribution in [0.15, 0.2) is 18.2 Å². The molecule has 0 amide bonds. The number of hydrogen-bond donors (Lipinski definition) is 1. The normalized spacial score (nSPS) is 10.9. The van der Waals surface area contributed by atoms with Gasteiger partial charge in [-0.25, -0.2) is 9.37 Å². The Bertz CT molecular complexity index is 534. The Kier molecular flexibility index (Phi) is 4.06. The zero-order valence-electron chi connectivity index (χ0n) is 10.4. The second kappa shape index (κ2) is 5.56. The van der Waals surface area contributed by atoms with Gasteiger partial charge in [-0.1, -0.05) is 0 Å². The van der Waals surface area contributed by atoms with Crippen LogP contribution in [0.2, 0.25) is 0 Å². The van der Waals surface area contributed by atoms with Crippen molar-refractivity contribution in [1.29, 1.82) is 0 Å². The van der Waals surface area contributed by atoms with Gasteiger partial charge >= 0.3 is 0 Å². The highest BCUT2D eigenvalue weighted by molar-refractivity contribution is 7.15. The lowest BCUT2D eigenvalue weighted by molar-refractivity contribution is 0.181. The number of aryl methyl sites for hydroxylation is 1. The molecule has 0 fully saturated rings. The van der Waals surface area contributed by atoms with Crippen molar-refractivity contribution in [1.82, 2.24) is 4.98 Å². The molecule has 0 aliphatic heterocycles. The highest BCUT2D eigenvalue weighted by Crippen LogP contribution is 2.29. The Morgan fingerprint density at radius 2 is 2.17 bits per heavy atom. The lowest BCUT2D eigenvalue weighted by Crippen LogP contribution is -1.99. The molecule has 1 aromatic heterocycles. The van der Waals surface area contributed by atoms with Crippen molar-refractivity contribution in [2.45, 2.75) is 20.1 Å². The lowest BCUT2D eigenvalue weighted by atomic mass is 10.1. The molecule has 0 atom stereocenters. The van der Waals surface area contributed by atoms with Crippen LogP contribution in [-0.4, -0.2) is 12.1 Å². The molecule has 0 saturated carbocycles. The average Bonchev–Trinajstić information content (AvgIpc) is 2.71. The topological polar surface area (TPSA) is 48.1 Å².